The van der Waals surface area contributed by atoms with E-state index >= 15 is 0 Å². The molecule has 2 atom stereocenters. The molecular formula is C22H22F5N7O4. The molecule has 4 rings (SSSR count). The molecule has 0 saturated carbocycles. The van der Waals surface area contributed by atoms with Crippen LogP contribution >= 0.6 is 0 Å². The van der Waals surface area contributed by atoms with Gasteiger partial charge < -0.3 is 25.8 Å². The number of halogens is 5. The zero-order valence-corrected chi connectivity index (χ0v) is 20.2. The number of ether oxygens (including phenoxy) is 1. The quantitative estimate of drug-likeness (QED) is 0.411. The van der Waals surface area contributed by atoms with Crippen LogP contribution in [0.1, 0.15) is 22.8 Å². The molecule has 0 aromatic carbocycles. The lowest BCUT2D eigenvalue weighted by molar-refractivity contribution is -0.250. The van der Waals surface area contributed by atoms with Crippen molar-refractivity contribution in [2.45, 2.75) is 37.6 Å². The molecule has 0 bridgehead atoms. The predicted molar refractivity (Wildman–Crippen MR) is 121 cm³/mol. The topological polar surface area (TPSA) is 148 Å². The Hall–Kier alpha value is -4.08. The molecule has 1 saturated heterocycles. The van der Waals surface area contributed by atoms with Gasteiger partial charge in [0.25, 0.3) is 17.7 Å². The summed E-state index contributed by atoms with van der Waals surface area (Å²) in [4.78, 5) is 33.4. The molecule has 16 heteroatoms. The molecule has 11 nitrogen and oxygen atoms in total. The van der Waals surface area contributed by atoms with Gasteiger partial charge in [-0.2, -0.15) is 18.3 Å². The number of aryl methyl sites for hydroxylation is 1. The van der Waals surface area contributed by atoms with Crippen molar-refractivity contribution in [1.29, 1.82) is 0 Å². The Morgan fingerprint density at radius 2 is 1.95 bits per heavy atom. The molecule has 1 aliphatic rings. The molecular weight excluding hydrogens is 521 g/mol. The Kier molecular flexibility index (Phi) is 6.41. The number of aliphatic hydroxyl groups is 1. The fraction of sp³-hybridized carbons (Fsp3) is 0.409. The third-order valence-electron chi connectivity index (χ3n) is 6.23. The molecule has 4 heterocycles. The van der Waals surface area contributed by atoms with Crippen LogP contribution in [0.25, 0.3) is 16.8 Å². The van der Waals surface area contributed by atoms with Crippen LogP contribution < -0.4 is 15.8 Å². The molecule has 0 aliphatic carbocycles. The summed E-state index contributed by atoms with van der Waals surface area (Å²) in [5.74, 6) is -6.85. The number of rotatable bonds is 5. The van der Waals surface area contributed by atoms with E-state index in [-0.39, 0.29) is 29.1 Å². The van der Waals surface area contributed by atoms with Crippen molar-refractivity contribution in [1.82, 2.24) is 29.8 Å². The first kappa shape index (κ1) is 27.0. The minimum Gasteiger partial charge on any atom is -0.480 e. The van der Waals surface area contributed by atoms with Gasteiger partial charge in [0.05, 0.1) is 19.3 Å². The van der Waals surface area contributed by atoms with Crippen molar-refractivity contribution in [3.8, 4) is 17.1 Å². The number of anilines is 1. The zero-order valence-electron chi connectivity index (χ0n) is 20.2. The number of fused-ring (bicyclic) bond motifs is 1. The summed E-state index contributed by atoms with van der Waals surface area (Å²) in [5.41, 5.74) is 3.80. The van der Waals surface area contributed by atoms with E-state index in [9.17, 15) is 36.6 Å². The summed E-state index contributed by atoms with van der Waals surface area (Å²) in [6, 6.07) is 0.956. The Balaban J connectivity index is 1.63. The van der Waals surface area contributed by atoms with Crippen LogP contribution in [-0.4, -0.2) is 85.3 Å². The number of nitrogen functional groups attached to an aromatic ring is 1. The fourth-order valence-corrected chi connectivity index (χ4v) is 4.13. The van der Waals surface area contributed by atoms with Gasteiger partial charge in [0.15, 0.2) is 5.82 Å². The van der Waals surface area contributed by atoms with Crippen molar-refractivity contribution in [2.75, 3.05) is 25.9 Å². The van der Waals surface area contributed by atoms with Crippen LogP contribution in [0.2, 0.25) is 0 Å². The molecule has 4 N–H and O–H groups in total. The Morgan fingerprint density at radius 3 is 2.58 bits per heavy atom. The van der Waals surface area contributed by atoms with E-state index in [1.54, 1.807) is 13.0 Å². The average Bonchev–Trinajstić information content (AvgIpc) is 3.33. The summed E-state index contributed by atoms with van der Waals surface area (Å²) in [5, 5.41) is 15.8. The second-order valence-electron chi connectivity index (χ2n) is 8.94. The summed E-state index contributed by atoms with van der Waals surface area (Å²) in [7, 11) is 1.20. The third kappa shape index (κ3) is 4.44. The lowest BCUT2D eigenvalue weighted by atomic mass is 10.1. The number of nitrogens with two attached hydrogens (primary N) is 1. The monoisotopic (exact) mass is 543 g/mol. The van der Waals surface area contributed by atoms with Crippen LogP contribution in [0.4, 0.5) is 27.8 Å². The van der Waals surface area contributed by atoms with Gasteiger partial charge in [-0.05, 0) is 31.5 Å². The minimum atomic E-state index is -5.39. The number of aromatic nitrogens is 4. The number of methoxy groups -OCH3 is 1. The zero-order chi connectivity index (χ0) is 28.2. The second-order valence-corrected chi connectivity index (χ2v) is 8.94. The number of alkyl halides is 5. The highest BCUT2D eigenvalue weighted by molar-refractivity contribution is 5.98. The van der Waals surface area contributed by atoms with E-state index in [1.807, 2.05) is 5.32 Å². The van der Waals surface area contributed by atoms with E-state index in [4.69, 9.17) is 10.5 Å². The smallest absolute Gasteiger partial charge is 0.426 e. The summed E-state index contributed by atoms with van der Waals surface area (Å²) < 4.78 is 75.0. The van der Waals surface area contributed by atoms with Gasteiger partial charge in [-0.15, -0.1) is 0 Å². The maximum absolute atomic E-state index is 14.7. The van der Waals surface area contributed by atoms with Gasteiger partial charge in [0.1, 0.15) is 23.4 Å². The first-order chi connectivity index (χ1) is 17.6. The lowest BCUT2D eigenvalue weighted by Gasteiger charge is -2.29. The van der Waals surface area contributed by atoms with E-state index in [1.165, 1.54) is 30.2 Å². The van der Waals surface area contributed by atoms with Crippen LogP contribution in [0, 0.1) is 6.92 Å². The third-order valence-corrected chi connectivity index (χ3v) is 6.23. The predicted octanol–water partition coefficient (Wildman–Crippen LogP) is 1.58. The molecule has 0 radical (unpaired) electrons. The number of hydrogen-bond acceptors (Lipinski definition) is 8. The molecule has 1 fully saturated rings. The first-order valence-electron chi connectivity index (χ1n) is 11.0. The van der Waals surface area contributed by atoms with Gasteiger partial charge in [-0.1, -0.05) is 0 Å². The SMILES string of the molecule is COc1ncc(-c2cc(C)c3c(N)ncnn23)cc1C(=O)NC1CN(C(=O)[C@@](C)(O)C(F)(F)F)CC1(F)F. The van der Waals surface area contributed by atoms with E-state index in [0.717, 1.165) is 0 Å². The van der Waals surface area contributed by atoms with Crippen LogP contribution in [0.5, 0.6) is 5.88 Å². The fourth-order valence-electron chi connectivity index (χ4n) is 4.13. The molecule has 204 valence electrons. The number of carbonyl (C=O) groups is 2. The molecule has 0 spiro atoms. The number of likely N-dealkylation sites (tertiary alicyclic amines) is 1. The normalized spacial score (nSPS) is 18.9. The molecule has 2 amide bonds. The van der Waals surface area contributed by atoms with Crippen molar-refractivity contribution >= 4 is 23.1 Å². The maximum Gasteiger partial charge on any atom is 0.426 e. The first-order valence-corrected chi connectivity index (χ1v) is 11.0. The molecule has 3 aromatic heterocycles. The van der Waals surface area contributed by atoms with Gasteiger partial charge in [0.2, 0.25) is 11.5 Å². The summed E-state index contributed by atoms with van der Waals surface area (Å²) in [6.07, 6.45) is -2.81. The van der Waals surface area contributed by atoms with Crippen LogP contribution in [0.15, 0.2) is 24.7 Å². The molecule has 3 aromatic rings. The van der Waals surface area contributed by atoms with Crippen molar-refractivity contribution in [3.05, 3.63) is 35.8 Å². The number of pyridine rings is 1. The van der Waals surface area contributed by atoms with Crippen molar-refractivity contribution in [3.63, 3.8) is 0 Å². The lowest BCUT2D eigenvalue weighted by Crippen LogP contribution is -2.56. The van der Waals surface area contributed by atoms with Gasteiger partial charge in [-0.25, -0.2) is 23.3 Å². The number of amides is 2. The summed E-state index contributed by atoms with van der Waals surface area (Å²) in [6.45, 7) is -0.478. The minimum absolute atomic E-state index is 0.157. The highest BCUT2D eigenvalue weighted by Crippen LogP contribution is 2.36. The van der Waals surface area contributed by atoms with Crippen molar-refractivity contribution < 1.29 is 41.4 Å². The summed E-state index contributed by atoms with van der Waals surface area (Å²) >= 11 is 0. The Morgan fingerprint density at radius 1 is 1.26 bits per heavy atom. The molecule has 38 heavy (non-hydrogen) atoms. The van der Waals surface area contributed by atoms with Gasteiger partial charge in [0, 0.05) is 18.3 Å². The van der Waals surface area contributed by atoms with Gasteiger partial charge in [-0.3, -0.25) is 9.59 Å². The molecule has 1 aliphatic heterocycles. The van der Waals surface area contributed by atoms with Crippen molar-refractivity contribution in [2.24, 2.45) is 0 Å². The maximum atomic E-state index is 14.7. The number of hydrogen-bond donors (Lipinski definition) is 3. The standard InChI is InChI=1S/C22H22F5N7O4/c1-10-4-13(34-15(10)16(28)30-9-31-34)11-5-12(18(38-3)29-6-11)17(35)32-14-7-33(8-21(14,23)24)19(36)20(2,37)22(25,26)27/h4-6,9,14,37H,7-8H2,1-3H3,(H,32,35)(H2,28,30,31)/t14?,20-/m1/s1. The second kappa shape index (κ2) is 9.04. The Bertz CT molecular complexity index is 1420. The number of nitrogens with zero attached hydrogens (tertiary/aromatic N) is 5. The molecule has 1 unspecified atom stereocenters. The van der Waals surface area contributed by atoms with Crippen LogP contribution in [-0.2, 0) is 4.79 Å². The highest BCUT2D eigenvalue weighted by Gasteiger charge is 2.60. The largest absolute Gasteiger partial charge is 0.480 e. The average molecular weight is 543 g/mol. The van der Waals surface area contributed by atoms with E-state index < -0.39 is 48.6 Å². The Labute approximate surface area is 211 Å². The highest BCUT2D eigenvalue weighted by atomic mass is 19.4. The van der Waals surface area contributed by atoms with Gasteiger partial charge >= 0.3 is 6.18 Å². The van der Waals surface area contributed by atoms with E-state index in [0.29, 0.717) is 22.3 Å². The van der Waals surface area contributed by atoms with E-state index in [2.05, 4.69) is 15.1 Å². The number of carbonyl (C=O) groups excluding carboxylic acids is 2. The van der Waals surface area contributed by atoms with Crippen LogP contribution in [0.3, 0.4) is 0 Å². The number of nitrogens with one attached hydrogen (secondary N) is 1.